The molecule has 3 N–H and O–H groups in total. The Balaban J connectivity index is 2.35. The molecule has 0 fully saturated rings. The predicted octanol–water partition coefficient (Wildman–Crippen LogP) is 2.49. The van der Waals surface area contributed by atoms with Crippen LogP contribution < -0.4 is 5.73 Å². The second kappa shape index (κ2) is 4.33. The number of hydrogen-bond acceptors (Lipinski definition) is 2. The summed E-state index contributed by atoms with van der Waals surface area (Å²) in [5, 5.41) is 10.1. The van der Waals surface area contributed by atoms with Crippen molar-refractivity contribution in [1.82, 2.24) is 0 Å². The largest absolute Gasteiger partial charge is 0.398 e. The fourth-order valence-corrected chi connectivity index (χ4v) is 1.58. The van der Waals surface area contributed by atoms with Crippen LogP contribution in [0, 0.1) is 5.82 Å². The van der Waals surface area contributed by atoms with Gasteiger partial charge in [0.1, 0.15) is 11.9 Å². The van der Waals surface area contributed by atoms with E-state index >= 15 is 0 Å². The van der Waals surface area contributed by atoms with Gasteiger partial charge in [-0.05, 0) is 23.8 Å². The Labute approximate surface area is 93.2 Å². The fourth-order valence-electron chi connectivity index (χ4n) is 1.58. The summed E-state index contributed by atoms with van der Waals surface area (Å²) in [6.45, 7) is 0. The first-order chi connectivity index (χ1) is 7.68. The van der Waals surface area contributed by atoms with Crippen LogP contribution in [-0.2, 0) is 0 Å². The van der Waals surface area contributed by atoms with E-state index in [1.54, 1.807) is 36.4 Å². The van der Waals surface area contributed by atoms with Gasteiger partial charge in [-0.25, -0.2) is 4.39 Å². The minimum atomic E-state index is -0.818. The van der Waals surface area contributed by atoms with E-state index in [0.29, 0.717) is 16.8 Å². The van der Waals surface area contributed by atoms with Crippen molar-refractivity contribution in [3.8, 4) is 0 Å². The molecule has 1 unspecified atom stereocenters. The maximum absolute atomic E-state index is 12.7. The summed E-state index contributed by atoms with van der Waals surface area (Å²) in [4.78, 5) is 0. The highest BCUT2D eigenvalue weighted by molar-refractivity contribution is 5.50. The van der Waals surface area contributed by atoms with Crippen molar-refractivity contribution in [1.29, 1.82) is 0 Å². The van der Waals surface area contributed by atoms with E-state index in [0.717, 1.165) is 0 Å². The van der Waals surface area contributed by atoms with Crippen LogP contribution in [0.15, 0.2) is 48.5 Å². The topological polar surface area (TPSA) is 46.2 Å². The molecule has 0 saturated heterocycles. The minimum Gasteiger partial charge on any atom is -0.398 e. The lowest BCUT2D eigenvalue weighted by atomic mass is 10.0. The summed E-state index contributed by atoms with van der Waals surface area (Å²) in [7, 11) is 0. The monoisotopic (exact) mass is 217 g/mol. The third-order valence-electron chi connectivity index (χ3n) is 2.48. The SMILES string of the molecule is Nc1ccccc1C(O)c1ccc(F)cc1. The first kappa shape index (κ1) is 10.6. The van der Waals surface area contributed by atoms with E-state index < -0.39 is 6.10 Å². The molecule has 0 aliphatic rings. The second-order valence-corrected chi connectivity index (χ2v) is 3.58. The molecule has 16 heavy (non-hydrogen) atoms. The Morgan fingerprint density at radius 3 is 2.25 bits per heavy atom. The average Bonchev–Trinajstić information content (AvgIpc) is 2.30. The lowest BCUT2D eigenvalue weighted by molar-refractivity contribution is 0.221. The second-order valence-electron chi connectivity index (χ2n) is 3.58. The van der Waals surface area contributed by atoms with E-state index in [1.807, 2.05) is 0 Å². The van der Waals surface area contributed by atoms with Crippen LogP contribution in [0.3, 0.4) is 0 Å². The zero-order chi connectivity index (χ0) is 11.5. The van der Waals surface area contributed by atoms with E-state index in [-0.39, 0.29) is 5.82 Å². The highest BCUT2D eigenvalue weighted by atomic mass is 19.1. The third-order valence-corrected chi connectivity index (χ3v) is 2.48. The highest BCUT2D eigenvalue weighted by Crippen LogP contribution is 2.26. The molecule has 0 bridgehead atoms. The number of nitrogen functional groups attached to an aromatic ring is 1. The third kappa shape index (κ3) is 2.04. The molecule has 0 aliphatic heterocycles. The van der Waals surface area contributed by atoms with Gasteiger partial charge in [0, 0.05) is 11.3 Å². The smallest absolute Gasteiger partial charge is 0.123 e. The number of para-hydroxylation sites is 1. The molecule has 2 aromatic carbocycles. The first-order valence-electron chi connectivity index (χ1n) is 4.96. The van der Waals surface area contributed by atoms with Gasteiger partial charge in [0.15, 0.2) is 0 Å². The Morgan fingerprint density at radius 1 is 1.00 bits per heavy atom. The zero-order valence-electron chi connectivity index (χ0n) is 8.60. The van der Waals surface area contributed by atoms with Crippen LogP contribution in [0.2, 0.25) is 0 Å². The molecule has 0 radical (unpaired) electrons. The standard InChI is InChI=1S/C13H12FNO/c14-10-7-5-9(6-8-10)13(16)11-3-1-2-4-12(11)15/h1-8,13,16H,15H2. The Hall–Kier alpha value is -1.87. The number of nitrogens with two attached hydrogens (primary N) is 1. The molecule has 2 nitrogen and oxygen atoms in total. The van der Waals surface area contributed by atoms with E-state index in [1.165, 1.54) is 12.1 Å². The minimum absolute atomic E-state index is 0.322. The fraction of sp³-hybridized carbons (Fsp3) is 0.0769. The number of aliphatic hydroxyl groups excluding tert-OH is 1. The van der Waals surface area contributed by atoms with Crippen LogP contribution in [0.1, 0.15) is 17.2 Å². The van der Waals surface area contributed by atoms with E-state index in [4.69, 9.17) is 5.73 Å². The Morgan fingerprint density at radius 2 is 1.62 bits per heavy atom. The number of anilines is 1. The van der Waals surface area contributed by atoms with Crippen LogP contribution >= 0.6 is 0 Å². The molecule has 0 aromatic heterocycles. The molecule has 0 heterocycles. The van der Waals surface area contributed by atoms with Crippen molar-refractivity contribution in [2.45, 2.75) is 6.10 Å². The van der Waals surface area contributed by atoms with E-state index in [2.05, 4.69) is 0 Å². The van der Waals surface area contributed by atoms with Gasteiger partial charge in [-0.1, -0.05) is 30.3 Å². The number of halogens is 1. The van der Waals surface area contributed by atoms with Gasteiger partial charge in [-0.2, -0.15) is 0 Å². The van der Waals surface area contributed by atoms with Crippen molar-refractivity contribution in [2.24, 2.45) is 0 Å². The van der Waals surface area contributed by atoms with Gasteiger partial charge in [-0.3, -0.25) is 0 Å². The van der Waals surface area contributed by atoms with Crippen molar-refractivity contribution >= 4 is 5.69 Å². The summed E-state index contributed by atoms with van der Waals surface area (Å²) >= 11 is 0. The summed E-state index contributed by atoms with van der Waals surface area (Å²) in [6.07, 6.45) is -0.818. The molecule has 0 saturated carbocycles. The van der Waals surface area contributed by atoms with Crippen molar-refractivity contribution in [2.75, 3.05) is 5.73 Å². The highest BCUT2D eigenvalue weighted by Gasteiger charge is 2.12. The van der Waals surface area contributed by atoms with Gasteiger partial charge in [0.25, 0.3) is 0 Å². The maximum Gasteiger partial charge on any atom is 0.123 e. The molecule has 0 amide bonds. The first-order valence-corrected chi connectivity index (χ1v) is 4.96. The Kier molecular flexibility index (Phi) is 2.88. The summed E-state index contributed by atoms with van der Waals surface area (Å²) in [5.74, 6) is -0.322. The van der Waals surface area contributed by atoms with Gasteiger partial charge < -0.3 is 10.8 Å². The molecular formula is C13H12FNO. The maximum atomic E-state index is 12.7. The number of aliphatic hydroxyl groups is 1. The van der Waals surface area contributed by atoms with Crippen molar-refractivity contribution in [3.63, 3.8) is 0 Å². The van der Waals surface area contributed by atoms with Crippen LogP contribution in [0.5, 0.6) is 0 Å². The molecule has 82 valence electrons. The van der Waals surface area contributed by atoms with Gasteiger partial charge in [0.2, 0.25) is 0 Å². The van der Waals surface area contributed by atoms with E-state index in [9.17, 15) is 9.50 Å². The number of rotatable bonds is 2. The Bertz CT molecular complexity index is 482. The number of hydrogen-bond donors (Lipinski definition) is 2. The van der Waals surface area contributed by atoms with Crippen molar-refractivity contribution < 1.29 is 9.50 Å². The zero-order valence-corrected chi connectivity index (χ0v) is 8.60. The van der Waals surface area contributed by atoms with Crippen molar-refractivity contribution in [3.05, 3.63) is 65.5 Å². The molecule has 0 spiro atoms. The van der Waals surface area contributed by atoms with Crippen LogP contribution in [-0.4, -0.2) is 5.11 Å². The predicted molar refractivity (Wildman–Crippen MR) is 61.3 cm³/mol. The molecule has 3 heteroatoms. The lowest BCUT2D eigenvalue weighted by Gasteiger charge is -2.13. The average molecular weight is 217 g/mol. The normalized spacial score (nSPS) is 12.4. The van der Waals surface area contributed by atoms with Crippen LogP contribution in [0.25, 0.3) is 0 Å². The van der Waals surface area contributed by atoms with Gasteiger partial charge >= 0.3 is 0 Å². The van der Waals surface area contributed by atoms with Gasteiger partial charge in [0.05, 0.1) is 0 Å². The quantitative estimate of drug-likeness (QED) is 0.759. The molecule has 1 atom stereocenters. The lowest BCUT2D eigenvalue weighted by Crippen LogP contribution is -2.03. The molecular weight excluding hydrogens is 205 g/mol. The molecule has 2 aromatic rings. The summed E-state index contributed by atoms with van der Waals surface area (Å²) in [6, 6.07) is 12.8. The number of benzene rings is 2. The molecule has 0 aliphatic carbocycles. The van der Waals surface area contributed by atoms with Gasteiger partial charge in [-0.15, -0.1) is 0 Å². The summed E-state index contributed by atoms with van der Waals surface area (Å²) < 4.78 is 12.7. The van der Waals surface area contributed by atoms with Crippen LogP contribution in [0.4, 0.5) is 10.1 Å². The molecule has 2 rings (SSSR count). The summed E-state index contributed by atoms with van der Waals surface area (Å²) in [5.41, 5.74) is 7.54.